The Bertz CT molecular complexity index is 1230. The van der Waals surface area contributed by atoms with Crippen molar-refractivity contribution in [1.82, 2.24) is 20.1 Å². The largest absolute Gasteiger partial charge is 0.355 e. The van der Waals surface area contributed by atoms with E-state index in [0.29, 0.717) is 30.3 Å². The Labute approximate surface area is 218 Å². The molecular formula is C29H38N4O4. The van der Waals surface area contributed by atoms with E-state index in [2.05, 4.69) is 49.6 Å². The minimum Gasteiger partial charge on any atom is -0.355 e. The second kappa shape index (κ2) is 12.0. The van der Waals surface area contributed by atoms with Crippen LogP contribution in [-0.4, -0.2) is 53.9 Å². The minimum absolute atomic E-state index is 0.145. The maximum absolute atomic E-state index is 12.7. The number of pyridine rings is 1. The van der Waals surface area contributed by atoms with Crippen LogP contribution in [0.4, 0.5) is 0 Å². The fraction of sp³-hybridized carbons (Fsp3) is 0.448. The molecule has 8 heteroatoms. The third-order valence-corrected chi connectivity index (χ3v) is 7.00. The van der Waals surface area contributed by atoms with Crippen molar-refractivity contribution in [1.29, 1.82) is 0 Å². The number of benzene rings is 1. The average molecular weight is 507 g/mol. The minimum atomic E-state index is -0.355. The molecule has 2 atom stereocenters. The first-order valence-electron chi connectivity index (χ1n) is 12.7. The van der Waals surface area contributed by atoms with Gasteiger partial charge in [-0.25, -0.2) is 0 Å². The number of aromatic nitrogens is 1. The molecule has 1 saturated carbocycles. The van der Waals surface area contributed by atoms with E-state index in [9.17, 15) is 19.2 Å². The molecule has 0 spiro atoms. The normalized spacial score (nSPS) is 19.8. The summed E-state index contributed by atoms with van der Waals surface area (Å²) in [4.78, 5) is 47.5. The van der Waals surface area contributed by atoms with Crippen LogP contribution in [0.1, 0.15) is 53.4 Å². The van der Waals surface area contributed by atoms with Gasteiger partial charge in [0.15, 0.2) is 0 Å². The van der Waals surface area contributed by atoms with Crippen LogP contribution in [0.2, 0.25) is 0 Å². The second-order valence-electron chi connectivity index (χ2n) is 10.3. The van der Waals surface area contributed by atoms with E-state index >= 15 is 0 Å². The van der Waals surface area contributed by atoms with Gasteiger partial charge in [0.2, 0.25) is 12.3 Å². The van der Waals surface area contributed by atoms with Gasteiger partial charge in [-0.3, -0.25) is 19.2 Å². The van der Waals surface area contributed by atoms with Gasteiger partial charge in [0.25, 0.3) is 11.5 Å². The number of piperidine rings is 1. The molecule has 2 unspecified atom stereocenters. The molecule has 4 rings (SSSR count). The molecule has 1 aliphatic carbocycles. The maximum atomic E-state index is 12.7. The highest BCUT2D eigenvalue weighted by molar-refractivity contribution is 5.93. The molecule has 198 valence electrons. The van der Waals surface area contributed by atoms with Crippen molar-refractivity contribution in [3.05, 3.63) is 74.7 Å². The van der Waals surface area contributed by atoms with Gasteiger partial charge in [-0.05, 0) is 48.1 Å². The van der Waals surface area contributed by atoms with E-state index in [-0.39, 0.29) is 22.9 Å². The van der Waals surface area contributed by atoms with E-state index in [0.717, 1.165) is 36.2 Å². The summed E-state index contributed by atoms with van der Waals surface area (Å²) in [6.45, 7) is 11.9. The number of nitrogens with zero attached hydrogens (tertiary/aromatic N) is 2. The van der Waals surface area contributed by atoms with Crippen LogP contribution in [0.25, 0.3) is 6.08 Å². The number of amides is 3. The van der Waals surface area contributed by atoms with Gasteiger partial charge in [0, 0.05) is 51.1 Å². The highest BCUT2D eigenvalue weighted by Crippen LogP contribution is 2.45. The standard InChI is InChI=1S/C21H26N2O2.C8H12N2O2/c1-14(2)9-10-18-16(4)7-6-8-17(18)13-23-12-15(3)11-19(21(23)25)20(24)22-5;1-5(12)10-2-6-7(3-10)8(6)9-4-11/h6-12,14H,13H2,1-5H3,(H,22,24);4,6-8H,2-3H2,1H3,(H,9,11)/b10-9-;. The molecule has 2 N–H and O–H groups in total. The Kier molecular flexibility index (Phi) is 9.08. The summed E-state index contributed by atoms with van der Waals surface area (Å²) in [6.07, 6.45) is 6.82. The summed E-state index contributed by atoms with van der Waals surface area (Å²) in [5, 5.41) is 5.29. The molecular weight excluding hydrogens is 468 g/mol. The van der Waals surface area contributed by atoms with Crippen LogP contribution >= 0.6 is 0 Å². The van der Waals surface area contributed by atoms with Gasteiger partial charge in [0.05, 0.1) is 6.54 Å². The maximum Gasteiger partial charge on any atom is 0.263 e. The van der Waals surface area contributed by atoms with Crippen molar-refractivity contribution in [2.75, 3.05) is 20.1 Å². The number of fused-ring (bicyclic) bond motifs is 1. The molecule has 1 aromatic heterocycles. The van der Waals surface area contributed by atoms with Crippen molar-refractivity contribution in [3.8, 4) is 0 Å². The molecule has 2 aromatic rings. The van der Waals surface area contributed by atoms with Gasteiger partial charge in [0.1, 0.15) is 5.56 Å². The Balaban J connectivity index is 0.000000262. The van der Waals surface area contributed by atoms with Crippen LogP contribution in [-0.2, 0) is 16.1 Å². The third-order valence-electron chi connectivity index (χ3n) is 7.00. The van der Waals surface area contributed by atoms with Crippen molar-refractivity contribution >= 4 is 24.3 Å². The Morgan fingerprint density at radius 2 is 1.84 bits per heavy atom. The predicted molar refractivity (Wildman–Crippen MR) is 145 cm³/mol. The average Bonchev–Trinajstić information content (AvgIpc) is 3.27. The summed E-state index contributed by atoms with van der Waals surface area (Å²) in [5.41, 5.74) is 4.14. The van der Waals surface area contributed by atoms with Crippen molar-refractivity contribution in [3.63, 3.8) is 0 Å². The molecule has 2 heterocycles. The van der Waals surface area contributed by atoms with Crippen molar-refractivity contribution in [2.24, 2.45) is 17.8 Å². The lowest BCUT2D eigenvalue weighted by Gasteiger charge is -2.17. The predicted octanol–water partition coefficient (Wildman–Crippen LogP) is 2.75. The zero-order valence-electron chi connectivity index (χ0n) is 22.6. The smallest absolute Gasteiger partial charge is 0.263 e. The molecule has 3 amide bonds. The number of hydrogen-bond acceptors (Lipinski definition) is 4. The highest BCUT2D eigenvalue weighted by Gasteiger charge is 2.56. The number of likely N-dealkylation sites (tertiary alicyclic amines) is 1. The summed E-state index contributed by atoms with van der Waals surface area (Å²) >= 11 is 0. The number of nitrogens with one attached hydrogen (secondary N) is 2. The zero-order chi connectivity index (χ0) is 27.3. The van der Waals surface area contributed by atoms with Crippen LogP contribution < -0.4 is 16.2 Å². The van der Waals surface area contributed by atoms with E-state index < -0.39 is 0 Å². The number of carbonyl (C=O) groups is 3. The number of carbonyl (C=O) groups excluding carboxylic acids is 3. The third kappa shape index (κ3) is 6.76. The lowest BCUT2D eigenvalue weighted by atomic mass is 10.00. The molecule has 0 radical (unpaired) electrons. The first-order valence-corrected chi connectivity index (χ1v) is 12.7. The molecule has 1 saturated heterocycles. The van der Waals surface area contributed by atoms with Crippen LogP contribution in [0.3, 0.4) is 0 Å². The number of hydrogen-bond donors (Lipinski definition) is 2. The van der Waals surface area contributed by atoms with Crippen molar-refractivity contribution in [2.45, 2.75) is 47.2 Å². The molecule has 0 bridgehead atoms. The molecule has 1 aliphatic heterocycles. The molecule has 2 aliphatic rings. The lowest BCUT2D eigenvalue weighted by Crippen LogP contribution is -2.33. The fourth-order valence-corrected chi connectivity index (χ4v) is 4.90. The van der Waals surface area contributed by atoms with Gasteiger partial charge < -0.3 is 20.1 Å². The molecule has 2 fully saturated rings. The molecule has 8 nitrogen and oxygen atoms in total. The van der Waals surface area contributed by atoms with Crippen LogP contribution in [0.5, 0.6) is 0 Å². The first kappa shape index (κ1) is 27.9. The van der Waals surface area contributed by atoms with E-state index in [1.54, 1.807) is 23.8 Å². The van der Waals surface area contributed by atoms with E-state index in [1.165, 1.54) is 12.6 Å². The molecule has 37 heavy (non-hydrogen) atoms. The second-order valence-corrected chi connectivity index (χ2v) is 10.3. The highest BCUT2D eigenvalue weighted by atomic mass is 16.2. The SMILES string of the molecule is CC(=O)N1CC2C(C1)C2NC=O.CNC(=O)c1cc(C)cn(Cc2cccc(C)c2/C=C\C(C)C)c1=O. The van der Waals surface area contributed by atoms with E-state index in [4.69, 9.17) is 0 Å². The van der Waals surface area contributed by atoms with Gasteiger partial charge in [-0.2, -0.15) is 0 Å². The fourth-order valence-electron chi connectivity index (χ4n) is 4.90. The van der Waals surface area contributed by atoms with Crippen molar-refractivity contribution < 1.29 is 14.4 Å². The summed E-state index contributed by atoms with van der Waals surface area (Å²) in [5.74, 6) is 1.30. The van der Waals surface area contributed by atoms with Gasteiger partial charge in [-0.1, -0.05) is 44.2 Å². The monoisotopic (exact) mass is 506 g/mol. The number of rotatable bonds is 7. The number of allylic oxidation sites excluding steroid dienone is 1. The lowest BCUT2D eigenvalue weighted by molar-refractivity contribution is -0.128. The van der Waals surface area contributed by atoms with Crippen LogP contribution in [0.15, 0.2) is 41.3 Å². The quantitative estimate of drug-likeness (QED) is 0.564. The summed E-state index contributed by atoms with van der Waals surface area (Å²) < 4.78 is 1.61. The van der Waals surface area contributed by atoms with Crippen LogP contribution in [0, 0.1) is 31.6 Å². The Hall–Kier alpha value is -3.68. The van der Waals surface area contributed by atoms with Gasteiger partial charge >= 0.3 is 0 Å². The molecule has 1 aromatic carbocycles. The zero-order valence-corrected chi connectivity index (χ0v) is 22.6. The summed E-state index contributed by atoms with van der Waals surface area (Å²) in [7, 11) is 1.53. The number of aryl methyl sites for hydroxylation is 2. The Morgan fingerprint density at radius 3 is 2.41 bits per heavy atom. The topological polar surface area (TPSA) is 101 Å². The van der Waals surface area contributed by atoms with E-state index in [1.807, 2.05) is 24.0 Å². The van der Waals surface area contributed by atoms with Gasteiger partial charge in [-0.15, -0.1) is 0 Å². The summed E-state index contributed by atoms with van der Waals surface area (Å²) in [6, 6.07) is 8.07. The Morgan fingerprint density at radius 1 is 1.16 bits per heavy atom. The first-order chi connectivity index (χ1) is 17.6.